The fourth-order valence-corrected chi connectivity index (χ4v) is 1.62. The fraction of sp³-hybridized carbons (Fsp3) is 0.429. The molecule has 0 aliphatic rings. The second-order valence-corrected chi connectivity index (χ2v) is 4.34. The Kier molecular flexibility index (Phi) is 5.36. The van der Waals surface area contributed by atoms with Crippen LogP contribution in [0.15, 0.2) is 18.2 Å². The number of hydrogen-bond acceptors (Lipinski definition) is 4. The zero-order valence-corrected chi connectivity index (χ0v) is 11.7. The summed E-state index contributed by atoms with van der Waals surface area (Å²) in [7, 11) is 2.82. The first-order valence-corrected chi connectivity index (χ1v) is 5.95. The summed E-state index contributed by atoms with van der Waals surface area (Å²) < 4.78 is 10.0. The number of benzene rings is 1. The summed E-state index contributed by atoms with van der Waals surface area (Å²) in [5.74, 6) is -0.0155. The Labute approximate surface area is 113 Å². The van der Waals surface area contributed by atoms with Gasteiger partial charge in [-0.15, -0.1) is 0 Å². The lowest BCUT2D eigenvalue weighted by molar-refractivity contribution is -0.146. The van der Waals surface area contributed by atoms with Gasteiger partial charge in [0.05, 0.1) is 7.11 Å². The maximum Gasteiger partial charge on any atom is 0.325 e. The maximum absolute atomic E-state index is 11.8. The van der Waals surface area contributed by atoms with Gasteiger partial charge in [0.2, 0.25) is 0 Å². The number of carbonyl (C=O) groups is 2. The summed E-state index contributed by atoms with van der Waals surface area (Å²) in [5.41, 5.74) is 1.95. The number of nitrogens with zero attached hydrogens (tertiary/aromatic N) is 1. The molecule has 0 spiro atoms. The summed E-state index contributed by atoms with van der Waals surface area (Å²) in [6.45, 7) is 3.67. The van der Waals surface area contributed by atoms with Crippen LogP contribution in [0.5, 0.6) is 5.75 Å². The summed E-state index contributed by atoms with van der Waals surface area (Å²) in [5, 5.41) is 0. The van der Waals surface area contributed by atoms with Crippen molar-refractivity contribution < 1.29 is 19.1 Å². The Morgan fingerprint density at radius 3 is 2.32 bits per heavy atom. The van der Waals surface area contributed by atoms with E-state index in [-0.39, 0.29) is 19.1 Å². The highest BCUT2D eigenvalue weighted by Crippen LogP contribution is 2.22. The van der Waals surface area contributed by atoms with Crippen molar-refractivity contribution in [1.82, 2.24) is 4.90 Å². The molecule has 0 saturated carbocycles. The van der Waals surface area contributed by atoms with Gasteiger partial charge in [0.25, 0.3) is 5.91 Å². The van der Waals surface area contributed by atoms with Gasteiger partial charge in [-0.2, -0.15) is 0 Å². The first-order chi connectivity index (χ1) is 8.95. The van der Waals surface area contributed by atoms with Crippen molar-refractivity contribution in [3.8, 4) is 5.75 Å². The third-order valence-corrected chi connectivity index (χ3v) is 2.77. The number of esters is 1. The van der Waals surface area contributed by atoms with E-state index in [2.05, 4.69) is 4.74 Å². The molecule has 0 radical (unpaired) electrons. The van der Waals surface area contributed by atoms with Crippen LogP contribution in [0.2, 0.25) is 0 Å². The highest BCUT2D eigenvalue weighted by Gasteiger charge is 2.14. The van der Waals surface area contributed by atoms with Crippen LogP contribution in [0.25, 0.3) is 0 Å². The van der Waals surface area contributed by atoms with E-state index in [9.17, 15) is 9.59 Å². The average Bonchev–Trinajstić information content (AvgIpc) is 2.37. The monoisotopic (exact) mass is 265 g/mol. The normalized spacial score (nSPS) is 9.89. The molecule has 0 aliphatic heterocycles. The van der Waals surface area contributed by atoms with Crippen LogP contribution >= 0.6 is 0 Å². The van der Waals surface area contributed by atoms with E-state index >= 15 is 0 Å². The topological polar surface area (TPSA) is 55.8 Å². The molecule has 104 valence electrons. The number of carbonyl (C=O) groups excluding carboxylic acids is 2. The molecule has 0 fully saturated rings. The lowest BCUT2D eigenvalue weighted by Gasteiger charge is -2.17. The molecule has 0 heterocycles. The van der Waals surface area contributed by atoms with Crippen molar-refractivity contribution in [3.05, 3.63) is 29.3 Å². The zero-order valence-electron chi connectivity index (χ0n) is 11.7. The van der Waals surface area contributed by atoms with Gasteiger partial charge in [-0.05, 0) is 25.0 Å². The third-order valence-electron chi connectivity index (χ3n) is 2.77. The highest BCUT2D eigenvalue weighted by atomic mass is 16.5. The number of ether oxygens (including phenoxy) is 2. The van der Waals surface area contributed by atoms with E-state index in [0.29, 0.717) is 5.75 Å². The SMILES string of the molecule is COC(=O)CN(C)C(=O)COc1c(C)cccc1C. The van der Waals surface area contributed by atoms with Gasteiger partial charge >= 0.3 is 5.97 Å². The molecule has 0 bridgehead atoms. The number of likely N-dealkylation sites (N-methyl/N-ethyl adjacent to an activating group) is 1. The minimum Gasteiger partial charge on any atom is -0.483 e. The summed E-state index contributed by atoms with van der Waals surface area (Å²) in [6, 6.07) is 5.78. The molecular formula is C14H19NO4. The molecule has 0 atom stereocenters. The molecule has 0 unspecified atom stereocenters. The molecule has 0 N–H and O–H groups in total. The molecule has 0 saturated heterocycles. The minimum atomic E-state index is -0.456. The Bertz CT molecular complexity index is 450. The number of para-hydroxylation sites is 1. The standard InChI is InChI=1S/C14H19NO4/c1-10-6-5-7-11(2)14(10)19-9-12(16)15(3)8-13(17)18-4/h5-7H,8-9H2,1-4H3. The number of methoxy groups -OCH3 is 1. The highest BCUT2D eigenvalue weighted by molar-refractivity contribution is 5.82. The molecular weight excluding hydrogens is 246 g/mol. The van der Waals surface area contributed by atoms with Gasteiger partial charge in [0, 0.05) is 7.05 Å². The van der Waals surface area contributed by atoms with E-state index in [1.165, 1.54) is 19.1 Å². The molecule has 19 heavy (non-hydrogen) atoms. The quantitative estimate of drug-likeness (QED) is 0.753. The largest absolute Gasteiger partial charge is 0.483 e. The summed E-state index contributed by atoms with van der Waals surface area (Å²) >= 11 is 0. The zero-order chi connectivity index (χ0) is 14.4. The fourth-order valence-electron chi connectivity index (χ4n) is 1.62. The molecule has 1 aromatic carbocycles. The Balaban J connectivity index is 2.57. The molecule has 1 amide bonds. The molecule has 1 aromatic rings. The van der Waals surface area contributed by atoms with Crippen molar-refractivity contribution in [1.29, 1.82) is 0 Å². The maximum atomic E-state index is 11.8. The minimum absolute atomic E-state index is 0.0779. The lowest BCUT2D eigenvalue weighted by Crippen LogP contribution is -2.36. The van der Waals surface area contributed by atoms with Crippen LogP contribution in [0.1, 0.15) is 11.1 Å². The van der Waals surface area contributed by atoms with Crippen LogP contribution < -0.4 is 4.74 Å². The first kappa shape index (κ1) is 15.0. The lowest BCUT2D eigenvalue weighted by atomic mass is 10.1. The van der Waals surface area contributed by atoms with Crippen molar-refractivity contribution in [2.24, 2.45) is 0 Å². The van der Waals surface area contributed by atoms with Crippen molar-refractivity contribution >= 4 is 11.9 Å². The van der Waals surface area contributed by atoms with E-state index < -0.39 is 5.97 Å². The Morgan fingerprint density at radius 1 is 1.21 bits per heavy atom. The Morgan fingerprint density at radius 2 is 1.79 bits per heavy atom. The van der Waals surface area contributed by atoms with Crippen LogP contribution in [0, 0.1) is 13.8 Å². The Hall–Kier alpha value is -2.04. The van der Waals surface area contributed by atoms with Crippen molar-refractivity contribution in [2.45, 2.75) is 13.8 Å². The van der Waals surface area contributed by atoms with E-state index in [0.717, 1.165) is 11.1 Å². The summed E-state index contributed by atoms with van der Waals surface area (Å²) in [4.78, 5) is 24.1. The van der Waals surface area contributed by atoms with Gasteiger partial charge in [-0.3, -0.25) is 9.59 Å². The molecule has 0 aliphatic carbocycles. The van der Waals surface area contributed by atoms with Gasteiger partial charge in [-0.1, -0.05) is 18.2 Å². The number of rotatable bonds is 5. The van der Waals surface area contributed by atoms with Crippen molar-refractivity contribution in [2.75, 3.05) is 27.3 Å². The molecule has 1 rings (SSSR count). The smallest absolute Gasteiger partial charge is 0.325 e. The van der Waals surface area contributed by atoms with Gasteiger partial charge in [-0.25, -0.2) is 0 Å². The molecule has 5 nitrogen and oxygen atoms in total. The van der Waals surface area contributed by atoms with Crippen LogP contribution in [0.4, 0.5) is 0 Å². The predicted molar refractivity (Wildman–Crippen MR) is 71.1 cm³/mol. The van der Waals surface area contributed by atoms with E-state index in [4.69, 9.17) is 4.74 Å². The summed E-state index contributed by atoms with van der Waals surface area (Å²) in [6.07, 6.45) is 0. The predicted octanol–water partition coefficient (Wildman–Crippen LogP) is 1.31. The second kappa shape index (κ2) is 6.78. The van der Waals surface area contributed by atoms with Crippen LogP contribution in [0.3, 0.4) is 0 Å². The molecule has 5 heteroatoms. The second-order valence-electron chi connectivity index (χ2n) is 4.34. The third kappa shape index (κ3) is 4.28. The van der Waals surface area contributed by atoms with Gasteiger partial charge in [0.15, 0.2) is 6.61 Å². The van der Waals surface area contributed by atoms with Crippen LogP contribution in [-0.4, -0.2) is 44.1 Å². The van der Waals surface area contributed by atoms with Crippen molar-refractivity contribution in [3.63, 3.8) is 0 Å². The number of hydrogen-bond donors (Lipinski definition) is 0. The van der Waals surface area contributed by atoms with E-state index in [1.807, 2.05) is 32.0 Å². The van der Waals surface area contributed by atoms with Crippen LogP contribution in [-0.2, 0) is 14.3 Å². The van der Waals surface area contributed by atoms with Gasteiger partial charge in [0.1, 0.15) is 12.3 Å². The van der Waals surface area contributed by atoms with E-state index in [1.54, 1.807) is 0 Å². The number of amides is 1. The number of aryl methyl sites for hydroxylation is 2. The molecule has 0 aromatic heterocycles. The average molecular weight is 265 g/mol. The first-order valence-electron chi connectivity index (χ1n) is 5.95. The van der Waals surface area contributed by atoms with Gasteiger partial charge < -0.3 is 14.4 Å².